The first kappa shape index (κ1) is 31.1. The number of hydrogen-bond donors (Lipinski definition) is 1. The number of nitrogens with one attached hydrogen (secondary N) is 1. The molecule has 0 aliphatic carbocycles. The van der Waals surface area contributed by atoms with Crippen molar-refractivity contribution in [3.05, 3.63) is 29.8 Å². The van der Waals surface area contributed by atoms with Gasteiger partial charge in [0.15, 0.2) is 0 Å². The van der Waals surface area contributed by atoms with E-state index in [4.69, 9.17) is 9.47 Å². The van der Waals surface area contributed by atoms with Crippen LogP contribution in [0.4, 0.5) is 0 Å². The predicted octanol–water partition coefficient (Wildman–Crippen LogP) is 2.82. The lowest BCUT2D eigenvalue weighted by Crippen LogP contribution is -2.54. The molecule has 1 N–H and O–H groups in total. The number of nitrogens with zero attached hydrogens (tertiary/aromatic N) is 3. The summed E-state index contributed by atoms with van der Waals surface area (Å²) >= 11 is 0. The van der Waals surface area contributed by atoms with Gasteiger partial charge in [0.25, 0.3) is 0 Å². The first-order chi connectivity index (χ1) is 16.7. The standard InChI is InChI=1S/C17H28N2O3S.C10H22N2O/c1-14-6-8-16(9-7-14)23(20,21)19-10-11-22-17(3,13-19)12-15(2)18(4)5;1-9(12(3)4)7-10(2)8-11-5-6-13-10/h6-9,15H,10-13H2,1-5H3;9,11H,5-8H2,1-4H3/t15-,17-;9-,10-/m00/s1. The molecule has 0 saturated carbocycles. The smallest absolute Gasteiger partial charge is 0.243 e. The Morgan fingerprint density at radius 2 is 1.47 bits per heavy atom. The Morgan fingerprint density at radius 1 is 0.944 bits per heavy atom. The second kappa shape index (κ2) is 13.1. The van der Waals surface area contributed by atoms with Gasteiger partial charge in [-0.1, -0.05) is 17.7 Å². The highest BCUT2D eigenvalue weighted by atomic mass is 32.2. The van der Waals surface area contributed by atoms with Gasteiger partial charge in [0, 0.05) is 38.3 Å². The van der Waals surface area contributed by atoms with Gasteiger partial charge in [-0.05, 0) is 87.8 Å². The first-order valence-electron chi connectivity index (χ1n) is 13.1. The van der Waals surface area contributed by atoms with Crippen LogP contribution in [0.15, 0.2) is 29.2 Å². The summed E-state index contributed by atoms with van der Waals surface area (Å²) in [6, 6.07) is 7.92. The van der Waals surface area contributed by atoms with E-state index in [1.807, 2.05) is 40.1 Å². The fourth-order valence-corrected chi connectivity index (χ4v) is 6.14. The van der Waals surface area contributed by atoms with Crippen LogP contribution in [0.5, 0.6) is 0 Å². The van der Waals surface area contributed by atoms with Crippen molar-refractivity contribution in [1.29, 1.82) is 0 Å². The molecule has 2 aliphatic rings. The van der Waals surface area contributed by atoms with Crippen molar-refractivity contribution in [1.82, 2.24) is 19.4 Å². The van der Waals surface area contributed by atoms with Crippen LogP contribution < -0.4 is 5.32 Å². The van der Waals surface area contributed by atoms with E-state index in [-0.39, 0.29) is 5.60 Å². The molecule has 0 amide bonds. The van der Waals surface area contributed by atoms with Crippen molar-refractivity contribution >= 4 is 10.0 Å². The van der Waals surface area contributed by atoms with Crippen LogP contribution in [0.2, 0.25) is 0 Å². The van der Waals surface area contributed by atoms with Gasteiger partial charge in [0.1, 0.15) is 0 Å². The van der Waals surface area contributed by atoms with Gasteiger partial charge in [-0.3, -0.25) is 0 Å². The van der Waals surface area contributed by atoms with E-state index >= 15 is 0 Å². The van der Waals surface area contributed by atoms with Crippen molar-refractivity contribution in [2.45, 2.75) is 75.6 Å². The van der Waals surface area contributed by atoms with Crippen molar-refractivity contribution in [3.8, 4) is 0 Å². The Morgan fingerprint density at radius 3 is 1.97 bits per heavy atom. The number of aryl methyl sites for hydroxylation is 1. The average Bonchev–Trinajstić information content (AvgIpc) is 2.79. The Balaban J connectivity index is 0.000000297. The zero-order valence-electron chi connectivity index (χ0n) is 24.0. The Bertz CT molecular complexity index is 901. The van der Waals surface area contributed by atoms with Gasteiger partial charge in [0.05, 0.1) is 29.3 Å². The molecule has 0 radical (unpaired) electrons. The Kier molecular flexibility index (Phi) is 11.4. The van der Waals surface area contributed by atoms with E-state index in [9.17, 15) is 8.42 Å². The van der Waals surface area contributed by atoms with Crippen LogP contribution in [0.25, 0.3) is 0 Å². The number of rotatable bonds is 8. The third-order valence-corrected chi connectivity index (χ3v) is 9.27. The van der Waals surface area contributed by atoms with E-state index in [1.54, 1.807) is 16.4 Å². The minimum Gasteiger partial charge on any atom is -0.373 e. The number of sulfonamides is 1. The normalized spacial score (nSPS) is 27.4. The largest absolute Gasteiger partial charge is 0.373 e. The molecular weight excluding hydrogens is 476 g/mol. The average molecular weight is 527 g/mol. The summed E-state index contributed by atoms with van der Waals surface area (Å²) in [5.41, 5.74) is 0.623. The summed E-state index contributed by atoms with van der Waals surface area (Å²) < 4.78 is 39.0. The van der Waals surface area contributed by atoms with Gasteiger partial charge in [-0.15, -0.1) is 0 Å². The molecule has 2 saturated heterocycles. The molecular formula is C27H50N4O4S. The van der Waals surface area contributed by atoms with Gasteiger partial charge >= 0.3 is 0 Å². The molecule has 8 nitrogen and oxygen atoms in total. The van der Waals surface area contributed by atoms with E-state index < -0.39 is 15.6 Å². The van der Waals surface area contributed by atoms with Crippen molar-refractivity contribution in [2.75, 3.05) is 67.6 Å². The summed E-state index contributed by atoms with van der Waals surface area (Å²) in [6.07, 6.45) is 1.88. The lowest BCUT2D eigenvalue weighted by molar-refractivity contribution is -0.0902. The van der Waals surface area contributed by atoms with Crippen molar-refractivity contribution in [3.63, 3.8) is 0 Å². The molecule has 0 bridgehead atoms. The van der Waals surface area contributed by atoms with Crippen LogP contribution in [0.1, 0.15) is 46.1 Å². The molecule has 0 aromatic heterocycles. The molecule has 0 spiro atoms. The van der Waals surface area contributed by atoms with E-state index in [0.717, 1.165) is 38.1 Å². The highest BCUT2D eigenvalue weighted by molar-refractivity contribution is 7.89. The van der Waals surface area contributed by atoms with Crippen LogP contribution in [0.3, 0.4) is 0 Å². The summed E-state index contributed by atoms with van der Waals surface area (Å²) in [6.45, 7) is 14.6. The molecule has 1 aromatic rings. The zero-order chi connectivity index (χ0) is 27.1. The van der Waals surface area contributed by atoms with Crippen LogP contribution in [0, 0.1) is 6.92 Å². The third kappa shape index (κ3) is 9.04. The molecule has 3 rings (SSSR count). The van der Waals surface area contributed by atoms with Crippen LogP contribution >= 0.6 is 0 Å². The lowest BCUT2D eigenvalue weighted by Gasteiger charge is -2.42. The second-order valence-electron chi connectivity index (χ2n) is 11.5. The topological polar surface area (TPSA) is 74.3 Å². The summed E-state index contributed by atoms with van der Waals surface area (Å²) in [7, 11) is 4.82. The number of benzene rings is 1. The number of morpholine rings is 2. The maximum Gasteiger partial charge on any atom is 0.243 e. The minimum absolute atomic E-state index is 0.0297. The highest BCUT2D eigenvalue weighted by Gasteiger charge is 2.39. The molecule has 208 valence electrons. The predicted molar refractivity (Wildman–Crippen MR) is 147 cm³/mol. The summed E-state index contributed by atoms with van der Waals surface area (Å²) in [5.74, 6) is 0. The second-order valence-corrected chi connectivity index (χ2v) is 13.4. The van der Waals surface area contributed by atoms with Crippen molar-refractivity contribution in [2.24, 2.45) is 0 Å². The lowest BCUT2D eigenvalue weighted by atomic mass is 9.96. The number of hydrogen-bond acceptors (Lipinski definition) is 7. The maximum absolute atomic E-state index is 12.9. The van der Waals surface area contributed by atoms with E-state index in [0.29, 0.717) is 36.7 Å². The highest BCUT2D eigenvalue weighted by Crippen LogP contribution is 2.28. The van der Waals surface area contributed by atoms with Crippen LogP contribution in [-0.4, -0.2) is 113 Å². The quantitative estimate of drug-likeness (QED) is 0.558. The summed E-state index contributed by atoms with van der Waals surface area (Å²) in [5, 5.41) is 3.38. The van der Waals surface area contributed by atoms with Gasteiger partial charge in [-0.25, -0.2) is 8.42 Å². The van der Waals surface area contributed by atoms with Gasteiger partial charge in [0.2, 0.25) is 10.0 Å². The van der Waals surface area contributed by atoms with E-state index in [1.165, 1.54) is 0 Å². The fraction of sp³-hybridized carbons (Fsp3) is 0.778. The van der Waals surface area contributed by atoms with Gasteiger partial charge < -0.3 is 24.6 Å². The number of ether oxygens (including phenoxy) is 2. The first-order valence-corrected chi connectivity index (χ1v) is 14.5. The minimum atomic E-state index is -3.47. The van der Waals surface area contributed by atoms with E-state index in [2.05, 4.69) is 50.0 Å². The molecule has 0 unspecified atom stereocenters. The van der Waals surface area contributed by atoms with Crippen LogP contribution in [-0.2, 0) is 19.5 Å². The third-order valence-electron chi connectivity index (χ3n) is 7.41. The molecule has 9 heteroatoms. The zero-order valence-corrected chi connectivity index (χ0v) is 24.8. The monoisotopic (exact) mass is 526 g/mol. The summed E-state index contributed by atoms with van der Waals surface area (Å²) in [4.78, 5) is 4.72. The Labute approximate surface area is 220 Å². The Hall–Kier alpha value is -1.07. The molecule has 2 aliphatic heterocycles. The van der Waals surface area contributed by atoms with Crippen molar-refractivity contribution < 1.29 is 17.9 Å². The maximum atomic E-state index is 12.9. The van der Waals surface area contributed by atoms with Gasteiger partial charge in [-0.2, -0.15) is 4.31 Å². The molecule has 1 aromatic carbocycles. The molecule has 2 heterocycles. The SMILES string of the molecule is C[C@@H](C[C@@]1(C)CNCCO1)N(C)C.Cc1ccc(S(=O)(=O)N2CCO[C@@](C)(C[C@H](C)N(C)C)C2)cc1. The molecule has 36 heavy (non-hydrogen) atoms. The molecule has 2 fully saturated rings. The fourth-order valence-electron chi connectivity index (χ4n) is 4.60. The molecule has 4 atom stereocenters.